The Bertz CT molecular complexity index is 661. The molecule has 1 fully saturated rings. The molecular weight excluding hydrogens is 262 g/mol. The molecule has 2 aromatic rings. The number of carbonyl (C=O) groups excluding carboxylic acids is 1. The van der Waals surface area contributed by atoms with Gasteiger partial charge in [0.1, 0.15) is 5.69 Å². The van der Waals surface area contributed by atoms with Gasteiger partial charge in [-0.25, -0.2) is 0 Å². The number of para-hydroxylation sites is 1. The van der Waals surface area contributed by atoms with Crippen LogP contribution >= 0.6 is 0 Å². The minimum atomic E-state index is -0.0302. The summed E-state index contributed by atoms with van der Waals surface area (Å²) in [4.78, 5) is 15.5. The molecule has 0 radical (unpaired) electrons. The summed E-state index contributed by atoms with van der Waals surface area (Å²) < 4.78 is 0. The monoisotopic (exact) mass is 285 g/mol. The van der Waals surface area contributed by atoms with Crippen molar-refractivity contribution >= 4 is 22.5 Å². The molecule has 1 aliphatic rings. The van der Waals surface area contributed by atoms with Gasteiger partial charge in [-0.2, -0.15) is 0 Å². The van der Waals surface area contributed by atoms with E-state index in [1.165, 1.54) is 6.42 Å². The number of fused-ring (bicyclic) bond motifs is 1. The summed E-state index contributed by atoms with van der Waals surface area (Å²) >= 11 is 0. The van der Waals surface area contributed by atoms with E-state index in [-0.39, 0.29) is 11.9 Å². The molecule has 0 spiro atoms. The minimum Gasteiger partial charge on any atom is -0.397 e. The highest BCUT2D eigenvalue weighted by Crippen LogP contribution is 2.29. The van der Waals surface area contributed by atoms with Gasteiger partial charge in [0, 0.05) is 11.4 Å². The highest BCUT2D eigenvalue weighted by molar-refractivity contribution is 6.00. The number of hydrogen-bond donors (Lipinski definition) is 3. The van der Waals surface area contributed by atoms with Gasteiger partial charge in [-0.3, -0.25) is 4.79 Å². The van der Waals surface area contributed by atoms with E-state index >= 15 is 0 Å². The van der Waals surface area contributed by atoms with Crippen LogP contribution in [0.3, 0.4) is 0 Å². The lowest BCUT2D eigenvalue weighted by atomic mass is 9.79. The van der Waals surface area contributed by atoms with Crippen LogP contribution in [0.2, 0.25) is 0 Å². The third-order valence-electron chi connectivity index (χ3n) is 4.87. The van der Waals surface area contributed by atoms with Gasteiger partial charge in [0.05, 0.1) is 11.2 Å². The normalized spacial score (nSPS) is 25.9. The number of H-pyrrole nitrogens is 1. The van der Waals surface area contributed by atoms with Crippen LogP contribution in [-0.2, 0) is 0 Å². The van der Waals surface area contributed by atoms with Crippen molar-refractivity contribution in [1.29, 1.82) is 0 Å². The summed E-state index contributed by atoms with van der Waals surface area (Å²) in [5, 5.41) is 4.13. The highest BCUT2D eigenvalue weighted by Gasteiger charge is 2.26. The maximum atomic E-state index is 12.4. The van der Waals surface area contributed by atoms with Crippen molar-refractivity contribution in [3.05, 3.63) is 30.0 Å². The Morgan fingerprint density at radius 1 is 1.29 bits per heavy atom. The molecule has 4 N–H and O–H groups in total. The maximum absolute atomic E-state index is 12.4. The van der Waals surface area contributed by atoms with E-state index in [1.54, 1.807) is 0 Å². The van der Waals surface area contributed by atoms with Crippen molar-refractivity contribution in [1.82, 2.24) is 10.3 Å². The number of nitrogen functional groups attached to an aromatic ring is 1. The van der Waals surface area contributed by atoms with Gasteiger partial charge in [-0.15, -0.1) is 0 Å². The third-order valence-corrected chi connectivity index (χ3v) is 4.87. The fraction of sp³-hybridized carbons (Fsp3) is 0.471. The van der Waals surface area contributed by atoms with E-state index < -0.39 is 0 Å². The van der Waals surface area contributed by atoms with Gasteiger partial charge in [-0.05, 0) is 43.2 Å². The van der Waals surface area contributed by atoms with Crippen molar-refractivity contribution in [2.24, 2.45) is 11.8 Å². The van der Waals surface area contributed by atoms with Gasteiger partial charge in [0.25, 0.3) is 5.91 Å². The number of amides is 1. The molecule has 3 unspecified atom stereocenters. The average Bonchev–Trinajstić information content (AvgIpc) is 2.89. The van der Waals surface area contributed by atoms with Crippen LogP contribution in [0.25, 0.3) is 10.9 Å². The Kier molecular flexibility index (Phi) is 3.62. The molecule has 3 atom stereocenters. The van der Waals surface area contributed by atoms with Crippen LogP contribution in [-0.4, -0.2) is 16.9 Å². The molecule has 112 valence electrons. The first-order valence-corrected chi connectivity index (χ1v) is 7.72. The molecule has 1 amide bonds. The van der Waals surface area contributed by atoms with Gasteiger partial charge in [0.2, 0.25) is 0 Å². The largest absolute Gasteiger partial charge is 0.397 e. The third kappa shape index (κ3) is 2.75. The van der Waals surface area contributed by atoms with Gasteiger partial charge >= 0.3 is 0 Å². The second kappa shape index (κ2) is 5.43. The smallest absolute Gasteiger partial charge is 0.267 e. The number of rotatable bonds is 2. The van der Waals surface area contributed by atoms with Crippen molar-refractivity contribution in [2.45, 2.75) is 39.2 Å². The number of nitrogens with one attached hydrogen (secondary N) is 2. The Balaban J connectivity index is 1.74. The fourth-order valence-electron chi connectivity index (χ4n) is 3.24. The number of aromatic amines is 1. The number of nitrogens with two attached hydrogens (primary N) is 1. The summed E-state index contributed by atoms with van der Waals surface area (Å²) in [6.45, 7) is 4.57. The molecule has 1 aliphatic carbocycles. The Morgan fingerprint density at radius 3 is 2.81 bits per heavy atom. The summed E-state index contributed by atoms with van der Waals surface area (Å²) in [6, 6.07) is 7.86. The van der Waals surface area contributed by atoms with E-state index in [0.717, 1.165) is 29.7 Å². The molecule has 1 saturated carbocycles. The topological polar surface area (TPSA) is 70.9 Å². The summed E-state index contributed by atoms with van der Waals surface area (Å²) in [5.74, 6) is 1.39. The SMILES string of the molecule is CC1CCC(NC(=O)c2cc3cccc(N)c3[nH]2)CC1C. The number of carbonyl (C=O) groups is 1. The molecule has 1 heterocycles. The van der Waals surface area contributed by atoms with Crippen molar-refractivity contribution in [3.8, 4) is 0 Å². The molecule has 4 heteroatoms. The Labute approximate surface area is 125 Å². The van der Waals surface area contributed by atoms with Crippen molar-refractivity contribution < 1.29 is 4.79 Å². The second-order valence-electron chi connectivity index (χ2n) is 6.43. The second-order valence-corrected chi connectivity index (χ2v) is 6.43. The lowest BCUT2D eigenvalue weighted by Gasteiger charge is -2.32. The maximum Gasteiger partial charge on any atom is 0.267 e. The average molecular weight is 285 g/mol. The van der Waals surface area contributed by atoms with E-state index in [0.29, 0.717) is 17.3 Å². The summed E-state index contributed by atoms with van der Waals surface area (Å²) in [7, 11) is 0. The highest BCUT2D eigenvalue weighted by atomic mass is 16.1. The molecule has 0 saturated heterocycles. The lowest BCUT2D eigenvalue weighted by Crippen LogP contribution is -2.39. The van der Waals surface area contributed by atoms with Crippen LogP contribution in [0.15, 0.2) is 24.3 Å². The van der Waals surface area contributed by atoms with Crippen LogP contribution in [0.4, 0.5) is 5.69 Å². The van der Waals surface area contributed by atoms with Crippen molar-refractivity contribution in [3.63, 3.8) is 0 Å². The molecule has 3 rings (SSSR count). The van der Waals surface area contributed by atoms with E-state index in [2.05, 4.69) is 24.1 Å². The van der Waals surface area contributed by atoms with Gasteiger partial charge in [-0.1, -0.05) is 26.0 Å². The molecule has 1 aromatic carbocycles. The summed E-state index contributed by atoms with van der Waals surface area (Å²) in [6.07, 6.45) is 3.32. The quantitative estimate of drug-likeness (QED) is 0.741. The number of hydrogen-bond acceptors (Lipinski definition) is 2. The molecule has 0 bridgehead atoms. The Morgan fingerprint density at radius 2 is 2.10 bits per heavy atom. The molecule has 0 aliphatic heterocycles. The molecule has 21 heavy (non-hydrogen) atoms. The van der Waals surface area contributed by atoms with Crippen LogP contribution in [0, 0.1) is 11.8 Å². The zero-order chi connectivity index (χ0) is 15.0. The van der Waals surface area contributed by atoms with Crippen LogP contribution in [0.1, 0.15) is 43.6 Å². The first kappa shape index (κ1) is 14.0. The van der Waals surface area contributed by atoms with Gasteiger partial charge in [0.15, 0.2) is 0 Å². The molecule has 4 nitrogen and oxygen atoms in total. The minimum absolute atomic E-state index is 0.0302. The Hall–Kier alpha value is -1.97. The van der Waals surface area contributed by atoms with E-state index in [9.17, 15) is 4.79 Å². The predicted molar refractivity (Wildman–Crippen MR) is 86.1 cm³/mol. The molecular formula is C17H23N3O. The first-order chi connectivity index (χ1) is 10.0. The number of aromatic nitrogens is 1. The van der Waals surface area contributed by atoms with Crippen LogP contribution in [0.5, 0.6) is 0 Å². The zero-order valence-electron chi connectivity index (χ0n) is 12.6. The zero-order valence-corrected chi connectivity index (χ0v) is 12.6. The predicted octanol–water partition coefficient (Wildman–Crippen LogP) is 3.30. The van der Waals surface area contributed by atoms with Crippen LogP contribution < -0.4 is 11.1 Å². The number of benzene rings is 1. The van der Waals surface area contributed by atoms with E-state index in [4.69, 9.17) is 5.73 Å². The first-order valence-electron chi connectivity index (χ1n) is 7.72. The standard InChI is InChI=1S/C17H23N3O/c1-10-6-7-13(8-11(10)2)19-17(21)15-9-12-4-3-5-14(18)16(12)20-15/h3-5,9-11,13,20H,6-8,18H2,1-2H3,(H,19,21). The molecule has 1 aromatic heterocycles. The fourth-order valence-corrected chi connectivity index (χ4v) is 3.24. The summed E-state index contributed by atoms with van der Waals surface area (Å²) in [5.41, 5.74) is 8.03. The lowest BCUT2D eigenvalue weighted by molar-refractivity contribution is 0.0906. The van der Waals surface area contributed by atoms with Crippen molar-refractivity contribution in [2.75, 3.05) is 5.73 Å². The van der Waals surface area contributed by atoms with E-state index in [1.807, 2.05) is 24.3 Å². The number of anilines is 1. The van der Waals surface area contributed by atoms with Gasteiger partial charge < -0.3 is 16.0 Å².